The van der Waals surface area contributed by atoms with Gasteiger partial charge < -0.3 is 0 Å². The van der Waals surface area contributed by atoms with Crippen molar-refractivity contribution in [1.29, 1.82) is 0 Å². The Hall–Kier alpha value is -0.570. The van der Waals surface area contributed by atoms with Gasteiger partial charge in [0.1, 0.15) is 0 Å². The van der Waals surface area contributed by atoms with Crippen LogP contribution in [0, 0.1) is 11.9 Å². The summed E-state index contributed by atoms with van der Waals surface area (Å²) in [7, 11) is 0. The van der Waals surface area contributed by atoms with E-state index in [9.17, 15) is 4.39 Å². The minimum atomic E-state index is -0.371. The quantitative estimate of drug-likeness (QED) is 0.708. The van der Waals surface area contributed by atoms with Crippen LogP contribution in [0.1, 0.15) is 32.6 Å². The molecule has 1 aromatic heterocycles. The summed E-state index contributed by atoms with van der Waals surface area (Å²) in [5.74, 6) is 0.451. The average molecular weight is 225 g/mol. The molecule has 1 saturated carbocycles. The molecule has 1 fully saturated rings. The lowest BCUT2D eigenvalue weighted by molar-refractivity contribution is 0.394. The highest BCUT2D eigenvalue weighted by Gasteiger charge is 2.19. The molecule has 15 heavy (non-hydrogen) atoms. The smallest absolute Gasteiger partial charge is 0.213 e. The van der Waals surface area contributed by atoms with Crippen molar-refractivity contribution < 1.29 is 4.39 Å². The van der Waals surface area contributed by atoms with Crippen LogP contribution in [0.4, 0.5) is 4.39 Å². The molecule has 1 aliphatic carbocycles. The molecule has 2 unspecified atom stereocenters. The summed E-state index contributed by atoms with van der Waals surface area (Å²) in [4.78, 5) is 4.58. The summed E-state index contributed by atoms with van der Waals surface area (Å²) >= 11 is 1.80. The van der Waals surface area contributed by atoms with Crippen LogP contribution in [0.5, 0.6) is 0 Å². The molecule has 0 bridgehead atoms. The Bertz CT molecular complexity index is 329. The van der Waals surface area contributed by atoms with E-state index in [0.717, 1.165) is 10.8 Å². The van der Waals surface area contributed by atoms with Crippen molar-refractivity contribution in [1.82, 2.24) is 4.98 Å². The molecule has 1 heterocycles. The van der Waals surface area contributed by atoms with Crippen LogP contribution in [-0.4, -0.2) is 10.2 Å². The number of aromatic nitrogens is 1. The molecule has 0 spiro atoms. The van der Waals surface area contributed by atoms with E-state index in [1.807, 2.05) is 6.07 Å². The van der Waals surface area contributed by atoms with Gasteiger partial charge in [-0.25, -0.2) is 4.98 Å². The van der Waals surface area contributed by atoms with Crippen molar-refractivity contribution >= 4 is 11.8 Å². The van der Waals surface area contributed by atoms with Gasteiger partial charge in [0.15, 0.2) is 0 Å². The predicted molar refractivity (Wildman–Crippen MR) is 61.5 cm³/mol. The topological polar surface area (TPSA) is 12.9 Å². The van der Waals surface area contributed by atoms with Gasteiger partial charge in [-0.3, -0.25) is 0 Å². The molecule has 1 aliphatic rings. The normalized spacial score (nSPS) is 26.5. The first-order chi connectivity index (χ1) is 7.24. The Balaban J connectivity index is 1.96. The summed E-state index contributed by atoms with van der Waals surface area (Å²) in [5, 5.41) is 0.663. The zero-order valence-electron chi connectivity index (χ0n) is 8.95. The minimum Gasteiger partial charge on any atom is -0.228 e. The standard InChI is InChI=1S/C12H16FNS/c1-9-3-2-4-10(7-9)15-11-5-6-14-12(13)8-11/h5-6,8-10H,2-4,7H2,1H3. The third-order valence-electron chi connectivity index (χ3n) is 2.89. The maximum absolute atomic E-state index is 12.9. The number of halogens is 1. The largest absolute Gasteiger partial charge is 0.228 e. The molecule has 0 saturated heterocycles. The van der Waals surface area contributed by atoms with E-state index in [2.05, 4.69) is 11.9 Å². The Kier molecular flexibility index (Phi) is 3.62. The molecule has 1 nitrogen and oxygen atoms in total. The van der Waals surface area contributed by atoms with Crippen LogP contribution in [0.3, 0.4) is 0 Å². The first kappa shape index (κ1) is 10.9. The highest BCUT2D eigenvalue weighted by Crippen LogP contribution is 2.35. The maximum Gasteiger partial charge on any atom is 0.213 e. The fourth-order valence-electron chi connectivity index (χ4n) is 2.14. The van der Waals surface area contributed by atoms with E-state index in [1.54, 1.807) is 18.0 Å². The van der Waals surface area contributed by atoms with Crippen molar-refractivity contribution in [3.8, 4) is 0 Å². The minimum absolute atomic E-state index is 0.371. The van der Waals surface area contributed by atoms with Crippen molar-refractivity contribution in [2.45, 2.75) is 42.8 Å². The van der Waals surface area contributed by atoms with Gasteiger partial charge in [-0.2, -0.15) is 4.39 Å². The summed E-state index contributed by atoms with van der Waals surface area (Å²) in [6.45, 7) is 2.31. The summed E-state index contributed by atoms with van der Waals surface area (Å²) in [5.41, 5.74) is 0. The zero-order valence-corrected chi connectivity index (χ0v) is 9.77. The molecule has 2 atom stereocenters. The highest BCUT2D eigenvalue weighted by atomic mass is 32.2. The number of hydrogen-bond acceptors (Lipinski definition) is 2. The summed E-state index contributed by atoms with van der Waals surface area (Å²) in [6.07, 6.45) is 6.73. The highest BCUT2D eigenvalue weighted by molar-refractivity contribution is 8.00. The van der Waals surface area contributed by atoms with Crippen LogP contribution >= 0.6 is 11.8 Å². The number of nitrogens with zero attached hydrogens (tertiary/aromatic N) is 1. The van der Waals surface area contributed by atoms with Gasteiger partial charge in [0, 0.05) is 22.4 Å². The molecule has 82 valence electrons. The van der Waals surface area contributed by atoms with Gasteiger partial charge in [0.2, 0.25) is 5.95 Å². The van der Waals surface area contributed by atoms with Crippen molar-refractivity contribution in [2.75, 3.05) is 0 Å². The summed E-state index contributed by atoms with van der Waals surface area (Å²) in [6, 6.07) is 3.43. The lowest BCUT2D eigenvalue weighted by atomic mass is 9.91. The van der Waals surface area contributed by atoms with Gasteiger partial charge in [-0.05, 0) is 24.8 Å². The molecule has 0 aliphatic heterocycles. The van der Waals surface area contributed by atoms with Gasteiger partial charge in [0.05, 0.1) is 0 Å². The molecule has 2 rings (SSSR count). The fourth-order valence-corrected chi connectivity index (χ4v) is 3.53. The first-order valence-corrected chi connectivity index (χ1v) is 6.40. The molecule has 0 amide bonds. The van der Waals surface area contributed by atoms with Crippen LogP contribution in [0.25, 0.3) is 0 Å². The first-order valence-electron chi connectivity index (χ1n) is 5.52. The van der Waals surface area contributed by atoms with E-state index in [-0.39, 0.29) is 5.95 Å². The van der Waals surface area contributed by atoms with E-state index >= 15 is 0 Å². The predicted octanol–water partition coefficient (Wildman–Crippen LogP) is 3.89. The number of thioether (sulfide) groups is 1. The lowest BCUT2D eigenvalue weighted by Gasteiger charge is -2.26. The SMILES string of the molecule is CC1CCCC(Sc2ccnc(F)c2)C1. The molecular weight excluding hydrogens is 209 g/mol. The second-order valence-electron chi connectivity index (χ2n) is 4.33. The number of pyridine rings is 1. The number of hydrogen-bond donors (Lipinski definition) is 0. The number of rotatable bonds is 2. The Morgan fingerprint density at radius 1 is 1.47 bits per heavy atom. The van der Waals surface area contributed by atoms with Crippen LogP contribution in [0.2, 0.25) is 0 Å². The van der Waals surface area contributed by atoms with E-state index in [0.29, 0.717) is 5.25 Å². The van der Waals surface area contributed by atoms with Gasteiger partial charge in [0.25, 0.3) is 0 Å². The third-order valence-corrected chi connectivity index (χ3v) is 4.18. The van der Waals surface area contributed by atoms with Gasteiger partial charge in [-0.1, -0.05) is 19.8 Å². The maximum atomic E-state index is 12.9. The monoisotopic (exact) mass is 225 g/mol. The van der Waals surface area contributed by atoms with Gasteiger partial charge >= 0.3 is 0 Å². The molecular formula is C12H16FNS. The van der Waals surface area contributed by atoms with Gasteiger partial charge in [-0.15, -0.1) is 11.8 Å². The molecule has 0 aromatic carbocycles. The molecule has 0 radical (unpaired) electrons. The average Bonchev–Trinajstić information content (AvgIpc) is 2.17. The lowest BCUT2D eigenvalue weighted by Crippen LogP contribution is -2.14. The van der Waals surface area contributed by atoms with Crippen LogP contribution < -0.4 is 0 Å². The fraction of sp³-hybridized carbons (Fsp3) is 0.583. The zero-order chi connectivity index (χ0) is 10.7. The van der Waals surface area contributed by atoms with E-state index in [1.165, 1.54) is 31.7 Å². The second kappa shape index (κ2) is 4.97. The Labute approximate surface area is 94.5 Å². The van der Waals surface area contributed by atoms with E-state index in [4.69, 9.17) is 0 Å². The van der Waals surface area contributed by atoms with E-state index < -0.39 is 0 Å². The van der Waals surface area contributed by atoms with Crippen molar-refractivity contribution in [3.05, 3.63) is 24.3 Å². The Morgan fingerprint density at radius 2 is 2.33 bits per heavy atom. The Morgan fingerprint density at radius 3 is 3.07 bits per heavy atom. The molecule has 3 heteroatoms. The van der Waals surface area contributed by atoms with Crippen molar-refractivity contribution in [2.24, 2.45) is 5.92 Å². The van der Waals surface area contributed by atoms with Crippen molar-refractivity contribution in [3.63, 3.8) is 0 Å². The van der Waals surface area contributed by atoms with Crippen LogP contribution in [0.15, 0.2) is 23.2 Å². The molecule has 1 aromatic rings. The summed E-state index contributed by atoms with van der Waals surface area (Å²) < 4.78 is 12.9. The van der Waals surface area contributed by atoms with Crippen LogP contribution in [-0.2, 0) is 0 Å². The third kappa shape index (κ3) is 3.20. The molecule has 0 N–H and O–H groups in total. The second-order valence-corrected chi connectivity index (χ2v) is 5.70.